The molecule has 1 atom stereocenters. The first kappa shape index (κ1) is 23.2. The molecule has 1 unspecified atom stereocenters. The highest BCUT2D eigenvalue weighted by atomic mass is 16.7. The summed E-state index contributed by atoms with van der Waals surface area (Å²) in [5.74, 6) is -0.285. The van der Waals surface area contributed by atoms with Crippen molar-refractivity contribution in [2.75, 3.05) is 19.8 Å². The summed E-state index contributed by atoms with van der Waals surface area (Å²) in [4.78, 5) is 11.0. The number of carbonyl (C=O) groups excluding carboxylic acids is 1. The molecule has 0 bridgehead atoms. The molecule has 0 spiro atoms. The summed E-state index contributed by atoms with van der Waals surface area (Å²) in [7, 11) is 0. The molecule has 2 amide bonds. The largest absolute Gasteiger partial charge is 0.352 e. The van der Waals surface area contributed by atoms with Crippen LogP contribution in [0.4, 0.5) is 4.79 Å². The molecule has 0 aromatic carbocycles. The van der Waals surface area contributed by atoms with Crippen LogP contribution in [0.15, 0.2) is 0 Å². The van der Waals surface area contributed by atoms with Gasteiger partial charge in [-0.1, -0.05) is 52.4 Å². The van der Waals surface area contributed by atoms with E-state index in [1.807, 2.05) is 13.8 Å². The van der Waals surface area contributed by atoms with Crippen molar-refractivity contribution >= 4 is 6.03 Å². The summed E-state index contributed by atoms with van der Waals surface area (Å²) in [5, 5.41) is 2.70. The smallest absolute Gasteiger partial charge is 0.312 e. The molecule has 0 rings (SSSR count). The maximum atomic E-state index is 11.0. The Morgan fingerprint density at radius 1 is 0.958 bits per heavy atom. The molecule has 0 saturated carbocycles. The molecule has 0 fully saturated rings. The Kier molecular flexibility index (Phi) is 14.0. The first-order valence-electron chi connectivity index (χ1n) is 9.87. The minimum absolute atomic E-state index is 0.264. The number of amides is 2. The van der Waals surface area contributed by atoms with E-state index in [1.165, 1.54) is 38.5 Å². The topological polar surface area (TPSA) is 73.6 Å². The van der Waals surface area contributed by atoms with Crippen LogP contribution in [0, 0.1) is 5.92 Å². The molecular formula is C19H40N2O3. The maximum absolute atomic E-state index is 11.0. The Morgan fingerprint density at radius 2 is 1.54 bits per heavy atom. The number of nitrogens with two attached hydrogens (primary N) is 1. The lowest BCUT2D eigenvalue weighted by atomic mass is 9.87. The number of hydrogen-bond acceptors (Lipinski definition) is 3. The average molecular weight is 345 g/mol. The molecule has 0 aliphatic heterocycles. The number of urea groups is 1. The predicted molar refractivity (Wildman–Crippen MR) is 100.0 cm³/mol. The van der Waals surface area contributed by atoms with Crippen LogP contribution in [0.3, 0.4) is 0 Å². The fraction of sp³-hybridized carbons (Fsp3) is 0.947. The van der Waals surface area contributed by atoms with E-state index in [0.717, 1.165) is 19.3 Å². The van der Waals surface area contributed by atoms with Crippen molar-refractivity contribution in [2.45, 2.75) is 91.3 Å². The second kappa shape index (κ2) is 14.5. The van der Waals surface area contributed by atoms with Crippen LogP contribution >= 0.6 is 0 Å². The molecule has 144 valence electrons. The molecule has 3 N–H and O–H groups in total. The van der Waals surface area contributed by atoms with Crippen LogP contribution in [-0.2, 0) is 9.47 Å². The monoisotopic (exact) mass is 344 g/mol. The lowest BCUT2D eigenvalue weighted by Gasteiger charge is -2.40. The highest BCUT2D eigenvalue weighted by Crippen LogP contribution is 2.34. The molecule has 5 nitrogen and oxygen atoms in total. The summed E-state index contributed by atoms with van der Waals surface area (Å²) >= 11 is 0. The number of primary amides is 1. The van der Waals surface area contributed by atoms with E-state index in [9.17, 15) is 4.79 Å². The molecule has 5 heteroatoms. The van der Waals surface area contributed by atoms with Gasteiger partial charge in [-0.25, -0.2) is 4.79 Å². The van der Waals surface area contributed by atoms with Gasteiger partial charge in [0.15, 0.2) is 5.79 Å². The number of nitrogens with one attached hydrogen (secondary N) is 1. The van der Waals surface area contributed by atoms with Crippen molar-refractivity contribution in [3.8, 4) is 0 Å². The lowest BCUT2D eigenvalue weighted by molar-refractivity contribution is -0.267. The number of unbranched alkanes of at least 4 members (excludes halogenated alkanes) is 5. The lowest BCUT2D eigenvalue weighted by Crippen LogP contribution is -2.45. The van der Waals surface area contributed by atoms with E-state index < -0.39 is 11.8 Å². The van der Waals surface area contributed by atoms with Gasteiger partial charge >= 0.3 is 6.03 Å². The minimum atomic E-state index is -0.549. The summed E-state index contributed by atoms with van der Waals surface area (Å²) in [6.07, 6.45) is 10.3. The average Bonchev–Trinajstić information content (AvgIpc) is 2.55. The summed E-state index contributed by atoms with van der Waals surface area (Å²) < 4.78 is 12.1. The molecule has 0 heterocycles. The highest BCUT2D eigenvalue weighted by molar-refractivity contribution is 5.71. The fourth-order valence-electron chi connectivity index (χ4n) is 3.38. The first-order chi connectivity index (χ1) is 11.6. The zero-order chi connectivity index (χ0) is 18.3. The van der Waals surface area contributed by atoms with E-state index >= 15 is 0 Å². The maximum Gasteiger partial charge on any atom is 0.312 e. The van der Waals surface area contributed by atoms with Gasteiger partial charge in [-0.15, -0.1) is 0 Å². The van der Waals surface area contributed by atoms with E-state index in [2.05, 4.69) is 19.2 Å². The Hall–Kier alpha value is -0.810. The van der Waals surface area contributed by atoms with Gasteiger partial charge in [0.1, 0.15) is 0 Å². The molecule has 0 aromatic rings. The van der Waals surface area contributed by atoms with Gasteiger partial charge in [0, 0.05) is 25.7 Å². The van der Waals surface area contributed by atoms with Gasteiger partial charge in [0.2, 0.25) is 0 Å². The summed E-state index contributed by atoms with van der Waals surface area (Å²) in [6.45, 7) is 10.2. The van der Waals surface area contributed by atoms with Gasteiger partial charge in [-0.3, -0.25) is 0 Å². The zero-order valence-corrected chi connectivity index (χ0v) is 16.4. The van der Waals surface area contributed by atoms with E-state index in [1.54, 1.807) is 0 Å². The van der Waals surface area contributed by atoms with Crippen molar-refractivity contribution < 1.29 is 14.3 Å². The molecule has 0 aromatic heterocycles. The molecule has 0 aliphatic rings. The molecule has 0 saturated heterocycles. The normalized spacial score (nSPS) is 13.0. The Balaban J connectivity index is 4.69. The van der Waals surface area contributed by atoms with E-state index in [-0.39, 0.29) is 5.92 Å². The Morgan fingerprint density at radius 3 is 2.04 bits per heavy atom. The molecule has 0 radical (unpaired) electrons. The van der Waals surface area contributed by atoms with Gasteiger partial charge in [0.25, 0.3) is 0 Å². The van der Waals surface area contributed by atoms with Crippen molar-refractivity contribution in [2.24, 2.45) is 11.7 Å². The summed E-state index contributed by atoms with van der Waals surface area (Å²) in [5.41, 5.74) is 5.19. The molecular weight excluding hydrogens is 304 g/mol. The fourth-order valence-corrected chi connectivity index (χ4v) is 3.38. The van der Waals surface area contributed by atoms with Crippen LogP contribution in [0.1, 0.15) is 85.5 Å². The van der Waals surface area contributed by atoms with Crippen LogP contribution in [0.25, 0.3) is 0 Å². The van der Waals surface area contributed by atoms with Gasteiger partial charge in [-0.05, 0) is 33.1 Å². The number of rotatable bonds is 16. The third-order valence-electron chi connectivity index (χ3n) is 4.59. The predicted octanol–water partition coefficient (Wildman–Crippen LogP) is 4.59. The van der Waals surface area contributed by atoms with E-state index in [4.69, 9.17) is 15.2 Å². The Labute approximate surface area is 149 Å². The van der Waals surface area contributed by atoms with Crippen LogP contribution in [0.2, 0.25) is 0 Å². The SMILES string of the molecule is CCCCCCCCC(CCNC(N)=O)C(CC)(OCC)OCC. The van der Waals surface area contributed by atoms with Crippen molar-refractivity contribution in [3.05, 3.63) is 0 Å². The van der Waals surface area contributed by atoms with Crippen LogP contribution in [-0.4, -0.2) is 31.6 Å². The number of carbonyl (C=O) groups is 1. The highest BCUT2D eigenvalue weighted by Gasteiger charge is 2.38. The minimum Gasteiger partial charge on any atom is -0.352 e. The van der Waals surface area contributed by atoms with Gasteiger partial charge < -0.3 is 20.5 Å². The van der Waals surface area contributed by atoms with Gasteiger partial charge in [-0.2, -0.15) is 0 Å². The van der Waals surface area contributed by atoms with Crippen molar-refractivity contribution in [1.29, 1.82) is 0 Å². The quantitative estimate of drug-likeness (QED) is 0.318. The number of ether oxygens (including phenoxy) is 2. The van der Waals surface area contributed by atoms with Crippen LogP contribution < -0.4 is 11.1 Å². The standard InChI is InChI=1S/C19H40N2O3/c1-5-9-10-11-12-13-14-17(15-16-21-18(20)22)19(6-2,23-7-3)24-8-4/h17H,5-16H2,1-4H3,(H3,20,21,22). The zero-order valence-electron chi connectivity index (χ0n) is 16.4. The third-order valence-corrected chi connectivity index (χ3v) is 4.59. The van der Waals surface area contributed by atoms with Crippen molar-refractivity contribution in [3.63, 3.8) is 0 Å². The Bertz CT molecular complexity index is 305. The van der Waals surface area contributed by atoms with E-state index in [0.29, 0.717) is 19.8 Å². The second-order valence-electron chi connectivity index (χ2n) is 6.36. The number of hydrogen-bond donors (Lipinski definition) is 2. The van der Waals surface area contributed by atoms with Gasteiger partial charge in [0.05, 0.1) is 0 Å². The third kappa shape index (κ3) is 9.48. The second-order valence-corrected chi connectivity index (χ2v) is 6.36. The first-order valence-corrected chi connectivity index (χ1v) is 9.87. The van der Waals surface area contributed by atoms with Crippen molar-refractivity contribution in [1.82, 2.24) is 5.32 Å². The molecule has 24 heavy (non-hydrogen) atoms. The molecule has 0 aliphatic carbocycles. The van der Waals surface area contributed by atoms with Crippen LogP contribution in [0.5, 0.6) is 0 Å². The summed E-state index contributed by atoms with van der Waals surface area (Å²) in [6, 6.07) is -0.469.